The van der Waals surface area contributed by atoms with Gasteiger partial charge < -0.3 is 5.11 Å². The van der Waals surface area contributed by atoms with Crippen molar-refractivity contribution in [2.45, 2.75) is 31.8 Å². The maximum atomic E-state index is 13.0. The Hall–Kier alpha value is -1.67. The van der Waals surface area contributed by atoms with E-state index in [0.717, 1.165) is 36.8 Å². The Balaban J connectivity index is 1.82. The van der Waals surface area contributed by atoms with Crippen molar-refractivity contribution in [3.8, 4) is 0 Å². The molecular weight excluding hydrogens is 251 g/mol. The van der Waals surface area contributed by atoms with Crippen LogP contribution in [0.2, 0.25) is 0 Å². The zero-order valence-corrected chi connectivity index (χ0v) is 11.4. The van der Waals surface area contributed by atoms with Crippen LogP contribution in [-0.4, -0.2) is 5.11 Å². The van der Waals surface area contributed by atoms with Gasteiger partial charge in [0.2, 0.25) is 0 Å². The van der Waals surface area contributed by atoms with Crippen molar-refractivity contribution in [3.05, 3.63) is 71.0 Å². The maximum absolute atomic E-state index is 13.0. The normalized spacial score (nSPS) is 22.1. The summed E-state index contributed by atoms with van der Waals surface area (Å²) in [5.41, 5.74) is 3.42. The van der Waals surface area contributed by atoms with E-state index in [2.05, 4.69) is 6.07 Å². The highest BCUT2D eigenvalue weighted by Gasteiger charge is 2.25. The van der Waals surface area contributed by atoms with Crippen molar-refractivity contribution >= 4 is 0 Å². The first-order valence-corrected chi connectivity index (χ1v) is 7.24. The fraction of sp³-hybridized carbons (Fsp3) is 0.333. The minimum absolute atomic E-state index is 0.208. The van der Waals surface area contributed by atoms with Gasteiger partial charge in [-0.15, -0.1) is 0 Å². The highest BCUT2D eigenvalue weighted by molar-refractivity contribution is 5.31. The number of aryl methyl sites for hydroxylation is 1. The SMILES string of the molecule is OC1c2ccccc2CCCC1Cc1ccc(F)cc1. The first kappa shape index (κ1) is 13.3. The van der Waals surface area contributed by atoms with Gasteiger partial charge >= 0.3 is 0 Å². The van der Waals surface area contributed by atoms with E-state index in [-0.39, 0.29) is 11.7 Å². The first-order valence-electron chi connectivity index (χ1n) is 7.24. The Morgan fingerprint density at radius 3 is 2.60 bits per heavy atom. The summed E-state index contributed by atoms with van der Waals surface area (Å²) < 4.78 is 13.0. The Morgan fingerprint density at radius 1 is 1.05 bits per heavy atom. The molecule has 1 N–H and O–H groups in total. The van der Waals surface area contributed by atoms with E-state index in [4.69, 9.17) is 0 Å². The summed E-state index contributed by atoms with van der Waals surface area (Å²) in [5.74, 6) is 0.00428. The lowest BCUT2D eigenvalue weighted by atomic mass is 9.88. The van der Waals surface area contributed by atoms with Crippen LogP contribution in [0.4, 0.5) is 4.39 Å². The summed E-state index contributed by atoms with van der Waals surface area (Å²) in [7, 11) is 0. The highest BCUT2D eigenvalue weighted by atomic mass is 19.1. The van der Waals surface area contributed by atoms with Crippen molar-refractivity contribution in [1.82, 2.24) is 0 Å². The molecule has 0 bridgehead atoms. The van der Waals surface area contributed by atoms with Crippen molar-refractivity contribution in [3.63, 3.8) is 0 Å². The molecule has 3 rings (SSSR count). The third-order valence-electron chi connectivity index (χ3n) is 4.25. The number of aliphatic hydroxyl groups excluding tert-OH is 1. The zero-order chi connectivity index (χ0) is 13.9. The number of aliphatic hydroxyl groups is 1. The number of benzene rings is 2. The third-order valence-corrected chi connectivity index (χ3v) is 4.25. The predicted octanol–water partition coefficient (Wildman–Crippen LogP) is 4.05. The lowest BCUT2D eigenvalue weighted by Gasteiger charge is -2.22. The van der Waals surface area contributed by atoms with Crippen LogP contribution in [0.25, 0.3) is 0 Å². The van der Waals surface area contributed by atoms with Gasteiger partial charge in [0, 0.05) is 0 Å². The first-order chi connectivity index (χ1) is 9.74. The average molecular weight is 270 g/mol. The fourth-order valence-corrected chi connectivity index (χ4v) is 3.15. The number of halogens is 1. The van der Waals surface area contributed by atoms with Crippen molar-refractivity contribution in [2.75, 3.05) is 0 Å². The Morgan fingerprint density at radius 2 is 1.80 bits per heavy atom. The standard InChI is InChI=1S/C18H19FO/c19-16-10-8-13(9-11-16)12-15-6-3-5-14-4-1-2-7-17(14)18(15)20/h1-2,4,7-11,15,18,20H,3,5-6,12H2. The summed E-state index contributed by atoms with van der Waals surface area (Å²) in [5, 5.41) is 10.6. The van der Waals surface area contributed by atoms with Crippen LogP contribution in [0.3, 0.4) is 0 Å². The maximum Gasteiger partial charge on any atom is 0.123 e. The molecule has 2 unspecified atom stereocenters. The fourth-order valence-electron chi connectivity index (χ4n) is 3.15. The second-order valence-corrected chi connectivity index (χ2v) is 5.63. The molecule has 0 saturated heterocycles. The van der Waals surface area contributed by atoms with Crippen LogP contribution < -0.4 is 0 Å². The van der Waals surface area contributed by atoms with E-state index >= 15 is 0 Å². The van der Waals surface area contributed by atoms with Gasteiger partial charge in [0.1, 0.15) is 5.82 Å². The summed E-state index contributed by atoms with van der Waals surface area (Å²) >= 11 is 0. The number of fused-ring (bicyclic) bond motifs is 1. The van der Waals surface area contributed by atoms with E-state index in [0.29, 0.717) is 0 Å². The zero-order valence-electron chi connectivity index (χ0n) is 11.4. The summed E-state index contributed by atoms with van der Waals surface area (Å²) in [6.45, 7) is 0. The molecule has 0 aromatic heterocycles. The molecule has 1 aliphatic rings. The Bertz CT molecular complexity index is 576. The van der Waals surface area contributed by atoms with Crippen molar-refractivity contribution < 1.29 is 9.50 Å². The number of rotatable bonds is 2. The van der Waals surface area contributed by atoms with E-state index in [1.165, 1.54) is 17.7 Å². The van der Waals surface area contributed by atoms with Crippen LogP contribution in [-0.2, 0) is 12.8 Å². The molecule has 0 saturated carbocycles. The van der Waals surface area contributed by atoms with Gasteiger partial charge in [-0.25, -0.2) is 4.39 Å². The molecule has 20 heavy (non-hydrogen) atoms. The molecular formula is C18H19FO. The van der Waals surface area contributed by atoms with Gasteiger partial charge in [-0.2, -0.15) is 0 Å². The quantitative estimate of drug-likeness (QED) is 0.816. The Kier molecular flexibility index (Phi) is 3.83. The number of hydrogen-bond donors (Lipinski definition) is 1. The van der Waals surface area contributed by atoms with Crippen LogP contribution in [0.5, 0.6) is 0 Å². The monoisotopic (exact) mass is 270 g/mol. The molecule has 1 nitrogen and oxygen atoms in total. The van der Waals surface area contributed by atoms with Gasteiger partial charge in [-0.1, -0.05) is 36.4 Å². The van der Waals surface area contributed by atoms with Crippen LogP contribution in [0.1, 0.15) is 35.6 Å². The van der Waals surface area contributed by atoms with Gasteiger partial charge in [-0.05, 0) is 60.4 Å². The minimum Gasteiger partial charge on any atom is -0.388 e. The lowest BCUT2D eigenvalue weighted by molar-refractivity contribution is 0.105. The van der Waals surface area contributed by atoms with Crippen LogP contribution in [0, 0.1) is 11.7 Å². The molecule has 0 spiro atoms. The van der Waals surface area contributed by atoms with Crippen LogP contribution in [0.15, 0.2) is 48.5 Å². The number of hydrogen-bond acceptors (Lipinski definition) is 1. The van der Waals surface area contributed by atoms with Crippen molar-refractivity contribution in [2.24, 2.45) is 5.92 Å². The molecule has 2 heteroatoms. The van der Waals surface area contributed by atoms with Gasteiger partial charge in [-0.3, -0.25) is 0 Å². The Labute approximate surface area is 119 Å². The molecule has 2 atom stereocenters. The molecule has 0 radical (unpaired) electrons. The summed E-state index contributed by atoms with van der Waals surface area (Å²) in [4.78, 5) is 0. The molecule has 2 aromatic rings. The minimum atomic E-state index is -0.418. The highest BCUT2D eigenvalue weighted by Crippen LogP contribution is 2.35. The molecule has 1 aliphatic carbocycles. The smallest absolute Gasteiger partial charge is 0.123 e. The molecule has 0 fully saturated rings. The second-order valence-electron chi connectivity index (χ2n) is 5.63. The predicted molar refractivity (Wildman–Crippen MR) is 77.9 cm³/mol. The van der Waals surface area contributed by atoms with Gasteiger partial charge in [0.15, 0.2) is 0 Å². The lowest BCUT2D eigenvalue weighted by Crippen LogP contribution is -2.14. The molecule has 2 aromatic carbocycles. The molecule has 0 aliphatic heterocycles. The third kappa shape index (κ3) is 2.75. The van der Waals surface area contributed by atoms with Crippen molar-refractivity contribution in [1.29, 1.82) is 0 Å². The van der Waals surface area contributed by atoms with E-state index < -0.39 is 6.10 Å². The van der Waals surface area contributed by atoms with E-state index in [9.17, 15) is 9.50 Å². The van der Waals surface area contributed by atoms with E-state index in [1.807, 2.05) is 30.3 Å². The van der Waals surface area contributed by atoms with Gasteiger partial charge in [0.25, 0.3) is 0 Å². The second kappa shape index (κ2) is 5.76. The largest absolute Gasteiger partial charge is 0.388 e. The molecule has 0 heterocycles. The van der Waals surface area contributed by atoms with E-state index in [1.54, 1.807) is 0 Å². The van der Waals surface area contributed by atoms with Crippen LogP contribution >= 0.6 is 0 Å². The molecule has 104 valence electrons. The topological polar surface area (TPSA) is 20.2 Å². The molecule has 0 amide bonds. The summed E-state index contributed by atoms with van der Waals surface area (Å²) in [6.07, 6.45) is 3.52. The summed E-state index contributed by atoms with van der Waals surface area (Å²) in [6, 6.07) is 14.8. The average Bonchev–Trinajstić information content (AvgIpc) is 2.62. The van der Waals surface area contributed by atoms with Gasteiger partial charge in [0.05, 0.1) is 6.10 Å².